The highest BCUT2D eigenvalue weighted by Gasteiger charge is 2.11. The van der Waals surface area contributed by atoms with E-state index in [-0.39, 0.29) is 11.0 Å². The number of nitrogens with one attached hydrogen (secondary N) is 2. The van der Waals surface area contributed by atoms with E-state index >= 15 is 0 Å². The number of rotatable bonds is 2. The number of aromatic nitrogens is 1. The number of aryl methyl sites for hydroxylation is 1. The summed E-state index contributed by atoms with van der Waals surface area (Å²) in [5.41, 5.74) is 1.17. The summed E-state index contributed by atoms with van der Waals surface area (Å²) in [7, 11) is 0. The zero-order chi connectivity index (χ0) is 13.1. The zero-order valence-corrected chi connectivity index (χ0v) is 10.4. The molecule has 2 rings (SSSR count). The molecule has 1 amide bonds. The maximum absolute atomic E-state index is 11.9. The number of benzene rings is 1. The predicted octanol–water partition coefficient (Wildman–Crippen LogP) is 2.59. The quantitative estimate of drug-likeness (QED) is 0.874. The lowest BCUT2D eigenvalue weighted by Gasteiger charge is -2.07. The van der Waals surface area contributed by atoms with Crippen molar-refractivity contribution >= 4 is 23.2 Å². The third kappa shape index (κ3) is 2.60. The number of H-pyrrole nitrogens is 1. The fraction of sp³-hybridized carbons (Fsp3) is 0.0769. The standard InChI is InChI=1S/C13H11ClN2O2/c1-8-2-3-10(14)11(6-8)16-13(18)9-7-15-5-4-12(9)17/h2-7H,1H3,(H,15,17)(H,16,18). The molecule has 2 N–H and O–H groups in total. The summed E-state index contributed by atoms with van der Waals surface area (Å²) in [6.07, 6.45) is 2.83. The van der Waals surface area contributed by atoms with Gasteiger partial charge in [0.05, 0.1) is 10.7 Å². The van der Waals surface area contributed by atoms with Crippen LogP contribution in [0.5, 0.6) is 0 Å². The minimum Gasteiger partial charge on any atom is -0.367 e. The average Bonchev–Trinajstić information content (AvgIpc) is 2.34. The number of hydrogen-bond acceptors (Lipinski definition) is 2. The molecule has 0 fully saturated rings. The van der Waals surface area contributed by atoms with Crippen LogP contribution in [0, 0.1) is 6.92 Å². The van der Waals surface area contributed by atoms with Gasteiger partial charge in [-0.1, -0.05) is 17.7 Å². The van der Waals surface area contributed by atoms with Gasteiger partial charge < -0.3 is 10.3 Å². The second kappa shape index (κ2) is 5.06. The lowest BCUT2D eigenvalue weighted by atomic mass is 10.2. The van der Waals surface area contributed by atoms with Gasteiger partial charge in [-0.2, -0.15) is 0 Å². The highest BCUT2D eigenvalue weighted by atomic mass is 35.5. The molecule has 0 aliphatic rings. The molecule has 0 atom stereocenters. The SMILES string of the molecule is Cc1ccc(Cl)c(NC(=O)c2c[nH]ccc2=O)c1. The lowest BCUT2D eigenvalue weighted by Crippen LogP contribution is -2.21. The van der Waals surface area contributed by atoms with Gasteiger partial charge in [0.2, 0.25) is 0 Å². The van der Waals surface area contributed by atoms with Crippen LogP contribution in [-0.4, -0.2) is 10.9 Å². The minimum atomic E-state index is -0.482. The largest absolute Gasteiger partial charge is 0.367 e. The number of amides is 1. The predicted molar refractivity (Wildman–Crippen MR) is 71.2 cm³/mol. The Bertz CT molecular complexity index is 649. The van der Waals surface area contributed by atoms with Gasteiger partial charge in [0.25, 0.3) is 5.91 Å². The van der Waals surface area contributed by atoms with E-state index in [2.05, 4.69) is 10.3 Å². The average molecular weight is 263 g/mol. The van der Waals surface area contributed by atoms with Crippen LogP contribution >= 0.6 is 11.6 Å². The number of aromatic amines is 1. The molecule has 0 aliphatic heterocycles. The number of halogens is 1. The van der Waals surface area contributed by atoms with Gasteiger partial charge in [0, 0.05) is 18.5 Å². The molecule has 0 spiro atoms. The van der Waals surface area contributed by atoms with Crippen molar-refractivity contribution in [2.75, 3.05) is 5.32 Å². The molecule has 1 aromatic carbocycles. The number of anilines is 1. The highest BCUT2D eigenvalue weighted by Crippen LogP contribution is 2.22. The summed E-state index contributed by atoms with van der Waals surface area (Å²) in [5, 5.41) is 3.05. The minimum absolute atomic E-state index is 0.0510. The summed E-state index contributed by atoms with van der Waals surface area (Å²) in [4.78, 5) is 26.1. The molecule has 5 heteroatoms. The lowest BCUT2D eigenvalue weighted by molar-refractivity contribution is 0.102. The Hall–Kier alpha value is -2.07. The number of carbonyl (C=O) groups is 1. The third-order valence-corrected chi connectivity index (χ3v) is 2.77. The Morgan fingerprint density at radius 2 is 2.11 bits per heavy atom. The van der Waals surface area contributed by atoms with Gasteiger partial charge in [0.15, 0.2) is 5.43 Å². The van der Waals surface area contributed by atoms with Crippen LogP contribution in [0.1, 0.15) is 15.9 Å². The Morgan fingerprint density at radius 1 is 1.33 bits per heavy atom. The van der Waals surface area contributed by atoms with Crippen LogP contribution < -0.4 is 10.7 Å². The van der Waals surface area contributed by atoms with E-state index in [1.165, 1.54) is 18.5 Å². The van der Waals surface area contributed by atoms with Gasteiger partial charge >= 0.3 is 0 Å². The molecule has 0 saturated carbocycles. The van der Waals surface area contributed by atoms with E-state index in [1.807, 2.05) is 13.0 Å². The topological polar surface area (TPSA) is 62.0 Å². The second-order valence-electron chi connectivity index (χ2n) is 3.86. The molecule has 4 nitrogen and oxygen atoms in total. The van der Waals surface area contributed by atoms with Crippen molar-refractivity contribution < 1.29 is 4.79 Å². The first-order valence-corrected chi connectivity index (χ1v) is 5.70. The molecule has 1 heterocycles. The molecule has 0 bridgehead atoms. The number of carbonyl (C=O) groups excluding carboxylic acids is 1. The summed E-state index contributed by atoms with van der Waals surface area (Å²) < 4.78 is 0. The highest BCUT2D eigenvalue weighted by molar-refractivity contribution is 6.33. The van der Waals surface area contributed by atoms with Gasteiger partial charge in [0.1, 0.15) is 5.56 Å². The molecule has 92 valence electrons. The van der Waals surface area contributed by atoms with Gasteiger partial charge in [-0.15, -0.1) is 0 Å². The maximum Gasteiger partial charge on any atom is 0.261 e. The van der Waals surface area contributed by atoms with Crippen LogP contribution in [-0.2, 0) is 0 Å². The normalized spacial score (nSPS) is 10.1. The fourth-order valence-corrected chi connectivity index (χ4v) is 1.68. The Labute approximate surface area is 109 Å². The van der Waals surface area contributed by atoms with E-state index in [4.69, 9.17) is 11.6 Å². The first-order valence-electron chi connectivity index (χ1n) is 5.32. The smallest absolute Gasteiger partial charge is 0.261 e. The third-order valence-electron chi connectivity index (χ3n) is 2.44. The van der Waals surface area contributed by atoms with Crippen LogP contribution in [0.3, 0.4) is 0 Å². The van der Waals surface area contributed by atoms with Crippen LogP contribution in [0.25, 0.3) is 0 Å². The molecule has 0 unspecified atom stereocenters. The Kier molecular flexibility index (Phi) is 3.48. The Balaban J connectivity index is 2.30. The van der Waals surface area contributed by atoms with E-state index < -0.39 is 5.91 Å². The second-order valence-corrected chi connectivity index (χ2v) is 4.27. The first kappa shape index (κ1) is 12.4. The van der Waals surface area contributed by atoms with Crippen molar-refractivity contribution in [2.24, 2.45) is 0 Å². The zero-order valence-electron chi connectivity index (χ0n) is 9.66. The summed E-state index contributed by atoms with van der Waals surface area (Å²) in [6.45, 7) is 1.89. The van der Waals surface area contributed by atoms with E-state index in [9.17, 15) is 9.59 Å². The summed E-state index contributed by atoms with van der Waals surface area (Å²) in [6, 6.07) is 6.58. The van der Waals surface area contributed by atoms with Crippen LogP contribution in [0.4, 0.5) is 5.69 Å². The van der Waals surface area contributed by atoms with Crippen molar-refractivity contribution in [1.29, 1.82) is 0 Å². The first-order chi connectivity index (χ1) is 8.58. The molecule has 2 aromatic rings. The Morgan fingerprint density at radius 3 is 2.83 bits per heavy atom. The molecule has 18 heavy (non-hydrogen) atoms. The van der Waals surface area contributed by atoms with Crippen LogP contribution in [0.2, 0.25) is 5.02 Å². The van der Waals surface area contributed by atoms with E-state index in [1.54, 1.807) is 12.1 Å². The number of hydrogen-bond donors (Lipinski definition) is 2. The molecule has 1 aromatic heterocycles. The van der Waals surface area contributed by atoms with Crippen LogP contribution in [0.15, 0.2) is 41.5 Å². The van der Waals surface area contributed by atoms with Crippen molar-refractivity contribution in [1.82, 2.24) is 4.98 Å². The van der Waals surface area contributed by atoms with E-state index in [0.29, 0.717) is 10.7 Å². The fourth-order valence-electron chi connectivity index (χ4n) is 1.52. The van der Waals surface area contributed by atoms with Gasteiger partial charge in [-0.3, -0.25) is 9.59 Å². The van der Waals surface area contributed by atoms with Crippen molar-refractivity contribution in [3.05, 3.63) is 63.0 Å². The summed E-state index contributed by atoms with van der Waals surface area (Å²) in [5.74, 6) is -0.482. The molecule has 0 saturated heterocycles. The number of pyridine rings is 1. The van der Waals surface area contributed by atoms with Crippen molar-refractivity contribution in [2.45, 2.75) is 6.92 Å². The molecular weight excluding hydrogens is 252 g/mol. The monoisotopic (exact) mass is 262 g/mol. The van der Waals surface area contributed by atoms with E-state index in [0.717, 1.165) is 5.56 Å². The summed E-state index contributed by atoms with van der Waals surface area (Å²) >= 11 is 5.97. The molecule has 0 aliphatic carbocycles. The molecular formula is C13H11ClN2O2. The van der Waals surface area contributed by atoms with Crippen molar-refractivity contribution in [3.63, 3.8) is 0 Å². The van der Waals surface area contributed by atoms with Crippen molar-refractivity contribution in [3.8, 4) is 0 Å². The molecule has 0 radical (unpaired) electrons. The van der Waals surface area contributed by atoms with Gasteiger partial charge in [-0.05, 0) is 24.6 Å². The van der Waals surface area contributed by atoms with Gasteiger partial charge in [-0.25, -0.2) is 0 Å². The maximum atomic E-state index is 11.9.